The molecule has 0 radical (unpaired) electrons. The number of amides is 2. The molecule has 0 atom stereocenters. The van der Waals surface area contributed by atoms with Crippen molar-refractivity contribution in [3.8, 4) is 12.3 Å². The number of hydrogen-bond donors (Lipinski definition) is 1. The molecule has 1 N–H and O–H groups in total. The fraction of sp³-hybridized carbons (Fsp3) is 0.692. The van der Waals surface area contributed by atoms with Crippen LogP contribution in [0.25, 0.3) is 0 Å². The van der Waals surface area contributed by atoms with Crippen LogP contribution in [0.2, 0.25) is 0 Å². The van der Waals surface area contributed by atoms with E-state index in [4.69, 9.17) is 6.42 Å². The number of nitrogens with zero attached hydrogens (tertiary/aromatic N) is 2. The van der Waals surface area contributed by atoms with E-state index in [2.05, 4.69) is 11.2 Å². The molecule has 5 nitrogen and oxygen atoms in total. The van der Waals surface area contributed by atoms with Crippen molar-refractivity contribution in [2.24, 2.45) is 5.92 Å². The quantitative estimate of drug-likeness (QED) is 0.543. The molecule has 0 unspecified atom stereocenters. The highest BCUT2D eigenvalue weighted by Gasteiger charge is 2.27. The van der Waals surface area contributed by atoms with E-state index in [1.54, 1.807) is 23.9 Å². The molecule has 1 saturated heterocycles. The van der Waals surface area contributed by atoms with Gasteiger partial charge in [0, 0.05) is 33.1 Å². The third kappa shape index (κ3) is 4.04. The summed E-state index contributed by atoms with van der Waals surface area (Å²) < 4.78 is 0. The average molecular weight is 251 g/mol. The Morgan fingerprint density at radius 1 is 1.39 bits per heavy atom. The van der Waals surface area contributed by atoms with Crippen molar-refractivity contribution in [2.75, 3.05) is 40.3 Å². The predicted molar refractivity (Wildman–Crippen MR) is 69.7 cm³/mol. The van der Waals surface area contributed by atoms with E-state index < -0.39 is 0 Å². The number of likely N-dealkylation sites (tertiary alicyclic amines) is 1. The van der Waals surface area contributed by atoms with Gasteiger partial charge in [-0.3, -0.25) is 14.9 Å². The van der Waals surface area contributed by atoms with E-state index in [9.17, 15) is 9.59 Å². The first-order chi connectivity index (χ1) is 8.56. The number of carbonyl (C=O) groups excluding carboxylic acids is 2. The summed E-state index contributed by atoms with van der Waals surface area (Å²) in [5, 5.41) is 2.88. The van der Waals surface area contributed by atoms with Crippen molar-refractivity contribution in [3.05, 3.63) is 0 Å². The molecule has 1 aliphatic heterocycles. The van der Waals surface area contributed by atoms with Crippen LogP contribution in [0.5, 0.6) is 0 Å². The van der Waals surface area contributed by atoms with Gasteiger partial charge < -0.3 is 9.80 Å². The minimum atomic E-state index is 0.0565. The van der Waals surface area contributed by atoms with Crippen LogP contribution < -0.4 is 5.32 Å². The maximum atomic E-state index is 11.8. The second-order valence-corrected chi connectivity index (χ2v) is 4.70. The summed E-state index contributed by atoms with van der Waals surface area (Å²) in [4.78, 5) is 27.0. The van der Waals surface area contributed by atoms with Gasteiger partial charge >= 0.3 is 0 Å². The number of hydrogen-bond acceptors (Lipinski definition) is 3. The van der Waals surface area contributed by atoms with Crippen molar-refractivity contribution in [3.63, 3.8) is 0 Å². The number of rotatable bonds is 4. The van der Waals surface area contributed by atoms with Gasteiger partial charge in [-0.1, -0.05) is 5.92 Å². The van der Waals surface area contributed by atoms with E-state index >= 15 is 0 Å². The molecule has 1 heterocycles. The molecule has 5 heteroatoms. The molecule has 1 aliphatic rings. The van der Waals surface area contributed by atoms with Gasteiger partial charge in [-0.25, -0.2) is 0 Å². The van der Waals surface area contributed by atoms with Gasteiger partial charge in [0.05, 0.1) is 13.1 Å². The van der Waals surface area contributed by atoms with Crippen molar-refractivity contribution >= 4 is 11.8 Å². The molecule has 100 valence electrons. The first-order valence-corrected chi connectivity index (χ1v) is 6.19. The fourth-order valence-corrected chi connectivity index (χ4v) is 2.09. The molecule has 0 saturated carbocycles. The van der Waals surface area contributed by atoms with Gasteiger partial charge in [0.1, 0.15) is 0 Å². The van der Waals surface area contributed by atoms with Gasteiger partial charge in [-0.05, 0) is 12.8 Å². The van der Waals surface area contributed by atoms with Gasteiger partial charge in [0.2, 0.25) is 11.8 Å². The standard InChI is InChI=1S/C13H21N3O2/c1-4-7-14-10-12(17)16-8-5-11(6-9-16)13(18)15(2)3/h1,11,14H,5-10H2,2-3H3. The van der Waals surface area contributed by atoms with E-state index in [1.807, 2.05) is 0 Å². The SMILES string of the molecule is C#CCNCC(=O)N1CCC(C(=O)N(C)C)CC1. The molecule has 1 rings (SSSR count). The molecular weight excluding hydrogens is 230 g/mol. The summed E-state index contributed by atoms with van der Waals surface area (Å²) in [7, 11) is 3.53. The predicted octanol–water partition coefficient (Wildman–Crippen LogP) is -0.464. The summed E-state index contributed by atoms with van der Waals surface area (Å²) in [5.74, 6) is 2.70. The molecule has 0 aromatic carbocycles. The minimum absolute atomic E-state index is 0.0565. The van der Waals surface area contributed by atoms with Crippen molar-refractivity contribution < 1.29 is 9.59 Å². The summed E-state index contributed by atoms with van der Waals surface area (Å²) in [5.41, 5.74) is 0. The first kappa shape index (κ1) is 14.5. The van der Waals surface area contributed by atoms with Gasteiger partial charge in [-0.2, -0.15) is 0 Å². The topological polar surface area (TPSA) is 52.7 Å². The zero-order valence-corrected chi connectivity index (χ0v) is 11.1. The Morgan fingerprint density at radius 2 is 2.00 bits per heavy atom. The summed E-state index contributed by atoms with van der Waals surface area (Å²) in [6.45, 7) is 1.99. The molecule has 18 heavy (non-hydrogen) atoms. The van der Waals surface area contributed by atoms with E-state index in [1.165, 1.54) is 0 Å². The largest absolute Gasteiger partial charge is 0.349 e. The lowest BCUT2D eigenvalue weighted by molar-refractivity contribution is -0.138. The smallest absolute Gasteiger partial charge is 0.236 e. The summed E-state index contributed by atoms with van der Waals surface area (Å²) in [6, 6.07) is 0. The highest BCUT2D eigenvalue weighted by Crippen LogP contribution is 2.18. The van der Waals surface area contributed by atoms with Gasteiger partial charge in [0.25, 0.3) is 0 Å². The monoisotopic (exact) mass is 251 g/mol. The van der Waals surface area contributed by atoms with Crippen molar-refractivity contribution in [1.29, 1.82) is 0 Å². The highest BCUT2D eigenvalue weighted by atomic mass is 16.2. The Labute approximate surface area is 109 Å². The van der Waals surface area contributed by atoms with E-state index in [-0.39, 0.29) is 24.3 Å². The Balaban J connectivity index is 2.33. The molecule has 0 aromatic rings. The number of nitrogens with one attached hydrogen (secondary N) is 1. The third-order valence-electron chi connectivity index (χ3n) is 3.14. The zero-order valence-electron chi connectivity index (χ0n) is 11.1. The number of terminal acetylenes is 1. The number of carbonyl (C=O) groups is 2. The molecule has 0 aliphatic carbocycles. The van der Waals surface area contributed by atoms with Crippen LogP contribution >= 0.6 is 0 Å². The van der Waals surface area contributed by atoms with Crippen molar-refractivity contribution in [1.82, 2.24) is 15.1 Å². The van der Waals surface area contributed by atoms with E-state index in [0.29, 0.717) is 19.6 Å². The fourth-order valence-electron chi connectivity index (χ4n) is 2.09. The van der Waals surface area contributed by atoms with Gasteiger partial charge in [-0.15, -0.1) is 6.42 Å². The molecule has 1 fully saturated rings. The minimum Gasteiger partial charge on any atom is -0.349 e. The highest BCUT2D eigenvalue weighted by molar-refractivity contribution is 5.80. The van der Waals surface area contributed by atoms with Crippen LogP contribution in [-0.2, 0) is 9.59 Å². The maximum absolute atomic E-state index is 11.8. The second kappa shape index (κ2) is 7.02. The average Bonchev–Trinajstić information content (AvgIpc) is 2.38. The molecular formula is C13H21N3O2. The second-order valence-electron chi connectivity index (χ2n) is 4.70. The Morgan fingerprint density at radius 3 is 2.50 bits per heavy atom. The van der Waals surface area contributed by atoms with Crippen LogP contribution in [0.15, 0.2) is 0 Å². The van der Waals surface area contributed by atoms with E-state index in [0.717, 1.165) is 12.8 Å². The summed E-state index contributed by atoms with van der Waals surface area (Å²) >= 11 is 0. The van der Waals surface area contributed by atoms with Crippen molar-refractivity contribution in [2.45, 2.75) is 12.8 Å². The molecule has 0 spiro atoms. The van der Waals surface area contributed by atoms with Crippen LogP contribution in [0.1, 0.15) is 12.8 Å². The van der Waals surface area contributed by atoms with Crippen LogP contribution in [-0.4, -0.2) is 61.9 Å². The number of piperidine rings is 1. The van der Waals surface area contributed by atoms with Crippen LogP contribution in [0.4, 0.5) is 0 Å². The molecule has 0 aromatic heterocycles. The van der Waals surface area contributed by atoms with Crippen LogP contribution in [0.3, 0.4) is 0 Å². The molecule has 0 bridgehead atoms. The Hall–Kier alpha value is -1.54. The molecule has 2 amide bonds. The summed E-state index contributed by atoms with van der Waals surface area (Å²) in [6.07, 6.45) is 6.59. The lowest BCUT2D eigenvalue weighted by Crippen LogP contribution is -2.45. The zero-order chi connectivity index (χ0) is 13.5. The lowest BCUT2D eigenvalue weighted by Gasteiger charge is -2.32. The Bertz CT molecular complexity index is 339. The maximum Gasteiger partial charge on any atom is 0.236 e. The first-order valence-electron chi connectivity index (χ1n) is 6.19. The van der Waals surface area contributed by atoms with Crippen LogP contribution in [0, 0.1) is 18.3 Å². The van der Waals surface area contributed by atoms with Gasteiger partial charge in [0.15, 0.2) is 0 Å². The third-order valence-corrected chi connectivity index (χ3v) is 3.14. The Kier molecular flexibility index (Phi) is 5.66. The lowest BCUT2D eigenvalue weighted by atomic mass is 9.95. The normalized spacial score (nSPS) is 16.2.